The van der Waals surface area contributed by atoms with Gasteiger partial charge in [0.2, 0.25) is 5.78 Å². The van der Waals surface area contributed by atoms with Crippen LogP contribution in [-0.4, -0.2) is 55.3 Å². The fraction of sp³-hybridized carbons (Fsp3) is 0.333. The summed E-state index contributed by atoms with van der Waals surface area (Å²) in [4.78, 5) is 39.0. The Bertz CT molecular complexity index is 1130. The summed E-state index contributed by atoms with van der Waals surface area (Å²) < 4.78 is 5.40. The maximum absolute atomic E-state index is 13.5. The lowest BCUT2D eigenvalue weighted by Gasteiger charge is -2.27. The number of ketones is 1. The lowest BCUT2D eigenvalue weighted by molar-refractivity contribution is -0.858. The molecular formula is C24H26ClN3O6. The van der Waals surface area contributed by atoms with E-state index in [1.54, 1.807) is 13.0 Å². The van der Waals surface area contributed by atoms with Crippen molar-refractivity contribution in [2.75, 3.05) is 33.8 Å². The normalized spacial score (nSPS) is 17.4. The molecule has 1 N–H and O–H groups in total. The van der Waals surface area contributed by atoms with Gasteiger partial charge in [0.1, 0.15) is 5.75 Å². The summed E-state index contributed by atoms with van der Waals surface area (Å²) >= 11 is 6.24. The fourth-order valence-electron chi connectivity index (χ4n) is 3.90. The highest BCUT2D eigenvalue weighted by Crippen LogP contribution is 2.40. The number of hydrogen-bond acceptors (Lipinski definition) is 6. The lowest BCUT2D eigenvalue weighted by Crippen LogP contribution is -3.05. The van der Waals surface area contributed by atoms with E-state index in [9.17, 15) is 24.8 Å². The van der Waals surface area contributed by atoms with Crippen LogP contribution in [0.4, 0.5) is 5.69 Å². The molecule has 0 aliphatic carbocycles. The van der Waals surface area contributed by atoms with E-state index >= 15 is 0 Å². The number of carbonyl (C=O) groups excluding carboxylic acids is 2. The zero-order valence-corrected chi connectivity index (χ0v) is 19.9. The van der Waals surface area contributed by atoms with Crippen molar-refractivity contribution in [3.05, 3.63) is 74.3 Å². The molecule has 9 nitrogen and oxygen atoms in total. The highest BCUT2D eigenvalue weighted by atomic mass is 35.5. The summed E-state index contributed by atoms with van der Waals surface area (Å²) in [5.74, 6) is -1.86. The van der Waals surface area contributed by atoms with Gasteiger partial charge in [-0.1, -0.05) is 23.4 Å². The molecule has 10 heteroatoms. The number of ether oxygens (including phenoxy) is 1. The second-order valence-electron chi connectivity index (χ2n) is 8.21. The number of non-ortho nitro benzene ring substituents is 1. The second kappa shape index (κ2) is 10.7. The molecule has 34 heavy (non-hydrogen) atoms. The van der Waals surface area contributed by atoms with Crippen LogP contribution in [0.3, 0.4) is 0 Å². The number of rotatable bonds is 9. The largest absolute Gasteiger partial charge is 0.872 e. The number of nitro benzene ring substituents is 1. The van der Waals surface area contributed by atoms with Gasteiger partial charge in [-0.25, -0.2) is 0 Å². The van der Waals surface area contributed by atoms with Crippen molar-refractivity contribution in [2.24, 2.45) is 0 Å². The van der Waals surface area contributed by atoms with Gasteiger partial charge in [-0.05, 0) is 42.3 Å². The average molecular weight is 488 g/mol. The molecule has 1 heterocycles. The first kappa shape index (κ1) is 25.2. The van der Waals surface area contributed by atoms with Gasteiger partial charge < -0.3 is 19.6 Å². The van der Waals surface area contributed by atoms with Gasteiger partial charge in [0, 0.05) is 30.7 Å². The predicted octanol–water partition coefficient (Wildman–Crippen LogP) is 1.41. The van der Waals surface area contributed by atoms with Gasteiger partial charge in [0.05, 0.1) is 43.2 Å². The van der Waals surface area contributed by atoms with E-state index in [0.717, 1.165) is 6.54 Å². The molecule has 2 aromatic rings. The monoisotopic (exact) mass is 487 g/mol. The van der Waals surface area contributed by atoms with Crippen LogP contribution in [0.15, 0.2) is 48.0 Å². The summed E-state index contributed by atoms with van der Waals surface area (Å²) in [7, 11) is 3.95. The van der Waals surface area contributed by atoms with E-state index in [1.807, 2.05) is 14.1 Å². The second-order valence-corrected chi connectivity index (χ2v) is 8.62. The van der Waals surface area contributed by atoms with Gasteiger partial charge in [-0.15, -0.1) is 0 Å². The van der Waals surface area contributed by atoms with Crippen LogP contribution in [-0.2, 0) is 9.59 Å². The Morgan fingerprint density at radius 1 is 1.18 bits per heavy atom. The highest BCUT2D eigenvalue weighted by molar-refractivity contribution is 6.46. The summed E-state index contributed by atoms with van der Waals surface area (Å²) in [5, 5.41) is 24.7. The van der Waals surface area contributed by atoms with Gasteiger partial charge in [0.15, 0.2) is 0 Å². The molecule has 0 saturated carbocycles. The zero-order valence-electron chi connectivity index (χ0n) is 19.2. The molecule has 1 saturated heterocycles. The number of hydrogen-bond donors (Lipinski definition) is 1. The number of likely N-dealkylation sites (tertiary alicyclic amines) is 1. The Morgan fingerprint density at radius 3 is 2.41 bits per heavy atom. The minimum absolute atomic E-state index is 0.131. The van der Waals surface area contributed by atoms with Crippen molar-refractivity contribution < 1.29 is 29.3 Å². The van der Waals surface area contributed by atoms with Gasteiger partial charge >= 0.3 is 0 Å². The van der Waals surface area contributed by atoms with Crippen LogP contribution in [0.5, 0.6) is 5.75 Å². The highest BCUT2D eigenvalue weighted by Gasteiger charge is 2.44. The molecule has 1 aliphatic rings. The maximum Gasteiger partial charge on any atom is 0.295 e. The van der Waals surface area contributed by atoms with Crippen LogP contribution in [0.1, 0.15) is 30.5 Å². The number of nitrogens with one attached hydrogen (secondary N) is 1. The molecule has 1 amide bonds. The molecule has 1 fully saturated rings. The van der Waals surface area contributed by atoms with E-state index in [-0.39, 0.29) is 28.4 Å². The third-order valence-electron chi connectivity index (χ3n) is 5.52. The fourth-order valence-corrected chi connectivity index (χ4v) is 4.13. The van der Waals surface area contributed by atoms with E-state index in [1.165, 1.54) is 46.2 Å². The van der Waals surface area contributed by atoms with E-state index in [0.29, 0.717) is 24.3 Å². The Balaban J connectivity index is 2.10. The molecule has 1 aliphatic heterocycles. The third kappa shape index (κ3) is 5.21. The number of nitrogens with zero attached hydrogens (tertiary/aromatic N) is 2. The van der Waals surface area contributed by atoms with Crippen molar-refractivity contribution >= 4 is 34.7 Å². The lowest BCUT2D eigenvalue weighted by atomic mass is 9.95. The van der Waals surface area contributed by atoms with Crippen molar-refractivity contribution in [1.82, 2.24) is 4.90 Å². The van der Waals surface area contributed by atoms with E-state index < -0.39 is 28.4 Å². The summed E-state index contributed by atoms with van der Waals surface area (Å²) in [6.45, 7) is 3.21. The van der Waals surface area contributed by atoms with Gasteiger partial charge in [-0.2, -0.15) is 0 Å². The number of nitro groups is 1. The number of benzene rings is 2. The quantitative estimate of drug-likeness (QED) is 0.188. The minimum atomic E-state index is -0.948. The van der Waals surface area contributed by atoms with Crippen molar-refractivity contribution in [1.29, 1.82) is 0 Å². The first-order chi connectivity index (χ1) is 16.1. The van der Waals surface area contributed by atoms with Gasteiger partial charge in [-0.3, -0.25) is 19.7 Å². The smallest absolute Gasteiger partial charge is 0.295 e. The van der Waals surface area contributed by atoms with E-state index in [2.05, 4.69) is 0 Å². The molecular weight excluding hydrogens is 462 g/mol. The molecule has 0 bridgehead atoms. The van der Waals surface area contributed by atoms with Crippen LogP contribution in [0.2, 0.25) is 5.02 Å². The Labute approximate surface area is 202 Å². The van der Waals surface area contributed by atoms with Crippen LogP contribution < -0.4 is 14.7 Å². The van der Waals surface area contributed by atoms with Crippen LogP contribution in [0.25, 0.3) is 5.76 Å². The van der Waals surface area contributed by atoms with Crippen molar-refractivity contribution in [3.63, 3.8) is 0 Å². The van der Waals surface area contributed by atoms with Crippen LogP contribution in [0, 0.1) is 10.1 Å². The first-order valence-electron chi connectivity index (χ1n) is 10.9. The minimum Gasteiger partial charge on any atom is -0.872 e. The zero-order chi connectivity index (χ0) is 25.0. The molecule has 2 aromatic carbocycles. The van der Waals surface area contributed by atoms with E-state index in [4.69, 9.17) is 16.3 Å². The Kier molecular flexibility index (Phi) is 7.90. The number of amides is 1. The van der Waals surface area contributed by atoms with Crippen molar-refractivity contribution in [3.8, 4) is 5.75 Å². The Morgan fingerprint density at radius 2 is 1.85 bits per heavy atom. The molecule has 1 unspecified atom stereocenters. The number of Topliss-reactive ketones (excluding diaryl/α,β-unsaturated/α-hetero) is 1. The predicted molar refractivity (Wildman–Crippen MR) is 124 cm³/mol. The SMILES string of the molecule is CCOc1ccc(C([O-])=C2C(=O)C(=O)N(CCC[NH+](C)C)C2c2ccc([N+](=O)[O-])cc2)cc1Cl. The standard InChI is InChI=1S/C24H26ClN3O6/c1-4-34-19-11-8-16(14-18(19)25)22(29)20-21(15-6-9-17(10-7-15)28(32)33)27(24(31)23(20)30)13-5-12-26(2)3/h6-11,14,21,29H,4-5,12-13H2,1-3H3. The summed E-state index contributed by atoms with van der Waals surface area (Å²) in [6, 6.07) is 9.02. The summed E-state index contributed by atoms with van der Waals surface area (Å²) in [5.41, 5.74) is 0.267. The topological polar surface area (TPSA) is 117 Å². The number of quaternary nitrogens is 1. The molecule has 0 aromatic heterocycles. The molecule has 180 valence electrons. The Hall–Kier alpha value is -3.43. The van der Waals surface area contributed by atoms with Crippen LogP contribution >= 0.6 is 11.6 Å². The maximum atomic E-state index is 13.5. The van der Waals surface area contributed by atoms with Crippen molar-refractivity contribution in [2.45, 2.75) is 19.4 Å². The third-order valence-corrected chi connectivity index (χ3v) is 5.81. The molecule has 0 radical (unpaired) electrons. The number of halogens is 1. The number of carbonyl (C=O) groups is 2. The molecule has 0 spiro atoms. The first-order valence-corrected chi connectivity index (χ1v) is 11.3. The molecule has 3 rings (SSSR count). The summed E-state index contributed by atoms with van der Waals surface area (Å²) in [6.07, 6.45) is 0.612. The average Bonchev–Trinajstić information content (AvgIpc) is 3.05. The van der Waals surface area contributed by atoms with Gasteiger partial charge in [0.25, 0.3) is 11.6 Å². The molecule has 1 atom stereocenters.